The highest BCUT2D eigenvalue weighted by atomic mass is 19.1. The van der Waals surface area contributed by atoms with E-state index in [-0.39, 0.29) is 36.0 Å². The largest absolute Gasteiger partial charge is 0.349 e. The van der Waals surface area contributed by atoms with Crippen LogP contribution in [0.25, 0.3) is 16.7 Å². The van der Waals surface area contributed by atoms with Crippen LogP contribution in [0.3, 0.4) is 0 Å². The SMILES string of the molecule is CC[C@H]1CN(C(C)c2ccn3nc(C)c(F)c3n2)[C@H](CC)CN1c1nc(=O)n(C)c2cn(CC#N)nc12. The Hall–Kier alpha value is -3.85. The Labute approximate surface area is 213 Å². The molecule has 0 bridgehead atoms. The van der Waals surface area contributed by atoms with Crippen LogP contribution < -0.4 is 10.6 Å². The second kappa shape index (κ2) is 9.55. The number of hydrogen-bond donors (Lipinski definition) is 0. The van der Waals surface area contributed by atoms with Crippen LogP contribution in [0.2, 0.25) is 0 Å². The first-order valence-corrected chi connectivity index (χ1v) is 12.6. The van der Waals surface area contributed by atoms with Gasteiger partial charge >= 0.3 is 5.69 Å². The van der Waals surface area contributed by atoms with Crippen molar-refractivity contribution in [3.05, 3.63) is 46.1 Å². The summed E-state index contributed by atoms with van der Waals surface area (Å²) in [5.41, 5.74) is 2.27. The first kappa shape index (κ1) is 24.8. The van der Waals surface area contributed by atoms with E-state index in [0.29, 0.717) is 29.1 Å². The summed E-state index contributed by atoms with van der Waals surface area (Å²) in [6.45, 7) is 9.47. The summed E-state index contributed by atoms with van der Waals surface area (Å²) in [5, 5.41) is 17.9. The van der Waals surface area contributed by atoms with Crippen LogP contribution in [-0.2, 0) is 13.6 Å². The summed E-state index contributed by atoms with van der Waals surface area (Å²) in [6.07, 6.45) is 5.19. The topological polar surface area (TPSA) is 113 Å². The van der Waals surface area contributed by atoms with Gasteiger partial charge in [0.2, 0.25) is 0 Å². The van der Waals surface area contributed by atoms with Gasteiger partial charge in [0.1, 0.15) is 6.54 Å². The summed E-state index contributed by atoms with van der Waals surface area (Å²) >= 11 is 0. The average Bonchev–Trinajstić information content (AvgIpc) is 3.45. The van der Waals surface area contributed by atoms with Gasteiger partial charge in [-0.15, -0.1) is 0 Å². The standard InChI is InChI=1S/C25H31FN10O/c1-6-17-13-35(24-22-20(32(5)25(37)29-24)14-33(31-22)11-9-27)18(7-2)12-34(17)16(4)19-8-10-36-23(28-19)21(26)15(3)30-36/h8,10,14,16-18H,6-7,11-13H2,1-5H3/t16?,17-,18+/m1/s1. The molecule has 0 aromatic carbocycles. The second-order valence-electron chi connectivity index (χ2n) is 9.66. The molecular weight excluding hydrogens is 475 g/mol. The fraction of sp³-hybridized carbons (Fsp3) is 0.520. The molecule has 1 aliphatic heterocycles. The highest BCUT2D eigenvalue weighted by Crippen LogP contribution is 2.33. The molecule has 1 aliphatic rings. The van der Waals surface area contributed by atoms with Gasteiger partial charge in [-0.25, -0.2) is 18.7 Å². The highest BCUT2D eigenvalue weighted by molar-refractivity contribution is 5.85. The number of rotatable bonds is 6. The quantitative estimate of drug-likeness (QED) is 0.392. The van der Waals surface area contributed by atoms with Crippen molar-refractivity contribution in [3.63, 3.8) is 0 Å². The Balaban J connectivity index is 1.51. The molecular formula is C25H31FN10O. The van der Waals surface area contributed by atoms with Gasteiger partial charge < -0.3 is 4.90 Å². The first-order chi connectivity index (χ1) is 17.8. The minimum atomic E-state index is -0.395. The smallest absolute Gasteiger partial charge is 0.349 e. The van der Waals surface area contributed by atoms with E-state index in [1.54, 1.807) is 31.0 Å². The molecule has 1 saturated heterocycles. The second-order valence-corrected chi connectivity index (χ2v) is 9.66. The van der Waals surface area contributed by atoms with Crippen molar-refractivity contribution >= 4 is 22.5 Å². The number of halogens is 1. The lowest BCUT2D eigenvalue weighted by Gasteiger charge is -2.48. The lowest BCUT2D eigenvalue weighted by molar-refractivity contribution is 0.0988. The Morgan fingerprint density at radius 2 is 1.95 bits per heavy atom. The van der Waals surface area contributed by atoms with Crippen molar-refractivity contribution in [2.45, 2.75) is 65.2 Å². The van der Waals surface area contributed by atoms with Crippen molar-refractivity contribution < 1.29 is 4.39 Å². The summed E-state index contributed by atoms with van der Waals surface area (Å²) in [6, 6.07) is 4.18. The maximum Gasteiger partial charge on any atom is 0.349 e. The van der Waals surface area contributed by atoms with Crippen molar-refractivity contribution in [2.75, 3.05) is 18.0 Å². The number of piperazine rings is 1. The predicted molar refractivity (Wildman–Crippen MR) is 137 cm³/mol. The fourth-order valence-corrected chi connectivity index (χ4v) is 5.34. The third-order valence-electron chi connectivity index (χ3n) is 7.53. The van der Waals surface area contributed by atoms with E-state index in [1.807, 2.05) is 6.07 Å². The number of fused-ring (bicyclic) bond motifs is 2. The van der Waals surface area contributed by atoms with E-state index in [2.05, 4.69) is 56.8 Å². The lowest BCUT2D eigenvalue weighted by atomic mass is 9.99. The van der Waals surface area contributed by atoms with Gasteiger partial charge in [-0.05, 0) is 32.8 Å². The monoisotopic (exact) mass is 506 g/mol. The molecule has 3 atom stereocenters. The van der Waals surface area contributed by atoms with Gasteiger partial charge in [0, 0.05) is 44.5 Å². The minimum Gasteiger partial charge on any atom is -0.349 e. The molecule has 4 aromatic heterocycles. The molecule has 37 heavy (non-hydrogen) atoms. The van der Waals surface area contributed by atoms with Crippen LogP contribution in [0.1, 0.15) is 51.0 Å². The zero-order valence-corrected chi connectivity index (χ0v) is 21.8. The van der Waals surface area contributed by atoms with E-state index in [1.165, 1.54) is 9.08 Å². The molecule has 0 saturated carbocycles. The molecule has 0 aliphatic carbocycles. The lowest BCUT2D eigenvalue weighted by Crippen LogP contribution is -2.59. The number of nitriles is 1. The van der Waals surface area contributed by atoms with Crippen molar-refractivity contribution in [2.24, 2.45) is 7.05 Å². The minimum absolute atomic E-state index is 0.0489. The van der Waals surface area contributed by atoms with Crippen molar-refractivity contribution in [1.82, 2.24) is 38.8 Å². The molecule has 1 fully saturated rings. The van der Waals surface area contributed by atoms with Gasteiger partial charge in [-0.1, -0.05) is 13.8 Å². The third kappa shape index (κ3) is 4.13. The van der Waals surface area contributed by atoms with Crippen LogP contribution in [0.5, 0.6) is 0 Å². The molecule has 0 spiro atoms. The normalized spacial score (nSPS) is 19.5. The van der Waals surface area contributed by atoms with Crippen LogP contribution in [-0.4, -0.2) is 64.0 Å². The van der Waals surface area contributed by atoms with Crippen LogP contribution >= 0.6 is 0 Å². The number of nitrogens with zero attached hydrogens (tertiary/aromatic N) is 10. The zero-order chi connectivity index (χ0) is 26.4. The molecule has 11 nitrogen and oxygen atoms in total. The van der Waals surface area contributed by atoms with Gasteiger partial charge in [0.05, 0.1) is 29.2 Å². The fourth-order valence-electron chi connectivity index (χ4n) is 5.34. The molecule has 0 N–H and O–H groups in total. The van der Waals surface area contributed by atoms with Gasteiger partial charge in [0.15, 0.2) is 22.8 Å². The third-order valence-corrected chi connectivity index (χ3v) is 7.53. The van der Waals surface area contributed by atoms with Crippen LogP contribution in [0.4, 0.5) is 10.2 Å². The molecule has 4 aromatic rings. The summed E-state index contributed by atoms with van der Waals surface area (Å²) < 4.78 is 19.0. The first-order valence-electron chi connectivity index (χ1n) is 12.6. The molecule has 12 heteroatoms. The van der Waals surface area contributed by atoms with E-state index >= 15 is 0 Å². The summed E-state index contributed by atoms with van der Waals surface area (Å²) in [4.78, 5) is 26.4. The van der Waals surface area contributed by atoms with Gasteiger partial charge in [0.25, 0.3) is 0 Å². The van der Waals surface area contributed by atoms with E-state index in [4.69, 9.17) is 5.26 Å². The van der Waals surface area contributed by atoms with Gasteiger partial charge in [-0.2, -0.15) is 20.4 Å². The zero-order valence-electron chi connectivity index (χ0n) is 21.8. The predicted octanol–water partition coefficient (Wildman–Crippen LogP) is 2.58. The summed E-state index contributed by atoms with van der Waals surface area (Å²) in [5.74, 6) is 0.165. The van der Waals surface area contributed by atoms with Crippen LogP contribution in [0, 0.1) is 24.1 Å². The average molecular weight is 507 g/mol. The molecule has 5 heterocycles. The van der Waals surface area contributed by atoms with Crippen molar-refractivity contribution in [3.8, 4) is 6.07 Å². The molecule has 194 valence electrons. The maximum atomic E-state index is 14.6. The Morgan fingerprint density at radius 3 is 2.65 bits per heavy atom. The number of aromatic nitrogens is 7. The maximum absolute atomic E-state index is 14.6. The Morgan fingerprint density at radius 1 is 1.19 bits per heavy atom. The number of hydrogen-bond acceptors (Lipinski definition) is 8. The Bertz CT molecular complexity index is 1560. The van der Waals surface area contributed by atoms with E-state index in [0.717, 1.165) is 25.1 Å². The molecule has 1 unspecified atom stereocenters. The number of aryl methyl sites for hydroxylation is 2. The molecule has 5 rings (SSSR count). The van der Waals surface area contributed by atoms with Gasteiger partial charge in [-0.3, -0.25) is 14.1 Å². The molecule has 0 radical (unpaired) electrons. The highest BCUT2D eigenvalue weighted by Gasteiger charge is 2.37. The van der Waals surface area contributed by atoms with Crippen LogP contribution in [0.15, 0.2) is 23.3 Å². The molecule has 0 amide bonds. The van der Waals surface area contributed by atoms with E-state index < -0.39 is 5.82 Å². The van der Waals surface area contributed by atoms with Crippen molar-refractivity contribution in [1.29, 1.82) is 5.26 Å². The number of anilines is 1. The Kier molecular flexibility index (Phi) is 6.41. The summed E-state index contributed by atoms with van der Waals surface area (Å²) in [7, 11) is 1.67. The van der Waals surface area contributed by atoms with E-state index in [9.17, 15) is 9.18 Å².